The second-order valence-corrected chi connectivity index (χ2v) is 9.44. The zero-order valence-corrected chi connectivity index (χ0v) is 21.1. The van der Waals surface area contributed by atoms with Crippen molar-refractivity contribution < 1.29 is 41.1 Å². The molecular formula is C26H27F5N4O4. The van der Waals surface area contributed by atoms with E-state index in [1.54, 1.807) is 4.90 Å². The van der Waals surface area contributed by atoms with Gasteiger partial charge in [0.25, 0.3) is 5.91 Å². The number of hydrogen-bond donors (Lipinski definition) is 1. The molecule has 0 aromatic heterocycles. The summed E-state index contributed by atoms with van der Waals surface area (Å²) in [5.74, 6) is -3.49. The Labute approximate surface area is 221 Å². The van der Waals surface area contributed by atoms with Crippen molar-refractivity contribution in [1.82, 2.24) is 20.0 Å². The van der Waals surface area contributed by atoms with Crippen molar-refractivity contribution in [3.63, 3.8) is 0 Å². The molecule has 0 unspecified atom stereocenters. The van der Waals surface area contributed by atoms with E-state index in [9.17, 15) is 36.3 Å². The average Bonchev–Trinajstić information content (AvgIpc) is 2.88. The Kier molecular flexibility index (Phi) is 8.38. The zero-order valence-electron chi connectivity index (χ0n) is 21.1. The van der Waals surface area contributed by atoms with E-state index in [0.29, 0.717) is 11.6 Å². The average molecular weight is 555 g/mol. The Balaban J connectivity index is 1.66. The molecule has 0 radical (unpaired) electrons. The molecule has 0 spiro atoms. The normalized spacial score (nSPS) is 19.6. The van der Waals surface area contributed by atoms with Crippen LogP contribution >= 0.6 is 0 Å². The number of amides is 3. The van der Waals surface area contributed by atoms with Gasteiger partial charge in [0.1, 0.15) is 12.4 Å². The predicted octanol–water partition coefficient (Wildman–Crippen LogP) is 2.67. The highest BCUT2D eigenvalue weighted by molar-refractivity contribution is 5.97. The van der Waals surface area contributed by atoms with Crippen molar-refractivity contribution in [2.45, 2.75) is 25.7 Å². The topological polar surface area (TPSA) is 82.2 Å². The van der Waals surface area contributed by atoms with Crippen LogP contribution in [0.15, 0.2) is 36.4 Å². The summed E-state index contributed by atoms with van der Waals surface area (Å²) >= 11 is 0. The molecule has 13 heteroatoms. The molecule has 0 aliphatic carbocycles. The van der Waals surface area contributed by atoms with Crippen LogP contribution in [0.1, 0.15) is 28.4 Å². The highest BCUT2D eigenvalue weighted by Crippen LogP contribution is 2.33. The van der Waals surface area contributed by atoms with E-state index in [0.717, 1.165) is 24.3 Å². The lowest BCUT2D eigenvalue weighted by Gasteiger charge is -2.41. The third kappa shape index (κ3) is 6.83. The Hall–Kier alpha value is -3.74. The first kappa shape index (κ1) is 28.3. The number of carbonyl (C=O) groups is 3. The molecule has 2 heterocycles. The molecule has 3 amide bonds. The number of benzene rings is 2. The summed E-state index contributed by atoms with van der Waals surface area (Å²) in [6.45, 7) is 1.76. The molecule has 2 aliphatic rings. The minimum Gasteiger partial charge on any atom is -0.491 e. The highest BCUT2D eigenvalue weighted by Gasteiger charge is 2.35. The van der Waals surface area contributed by atoms with Gasteiger partial charge in [0.2, 0.25) is 11.8 Å². The second kappa shape index (κ2) is 11.6. The van der Waals surface area contributed by atoms with E-state index in [4.69, 9.17) is 4.74 Å². The third-order valence-corrected chi connectivity index (χ3v) is 6.69. The lowest BCUT2D eigenvalue weighted by atomic mass is 10.1. The van der Waals surface area contributed by atoms with Crippen LogP contribution in [0.5, 0.6) is 5.75 Å². The van der Waals surface area contributed by atoms with Crippen molar-refractivity contribution in [3.8, 4) is 5.75 Å². The molecule has 0 saturated carbocycles. The predicted molar refractivity (Wildman–Crippen MR) is 129 cm³/mol. The molecule has 1 N–H and O–H groups in total. The van der Waals surface area contributed by atoms with Crippen LogP contribution in [0.2, 0.25) is 0 Å². The number of fused-ring (bicyclic) bond motifs is 2. The molecular weight excluding hydrogens is 527 g/mol. The van der Waals surface area contributed by atoms with E-state index in [1.807, 2.05) is 0 Å². The number of rotatable bonds is 2. The lowest BCUT2D eigenvalue weighted by Crippen LogP contribution is -2.59. The number of ether oxygens (including phenoxy) is 1. The standard InChI is InChI=1S/C26H27F5N4O4/c1-16(36)34-8-9-35-19(13-34)15-39-23-5-3-18(26(29,30)31)11-20(23)25(38)32-6-7-33(14-24(35)37)12-17-2-4-21(27)22(28)10-17/h2-5,10-11,19H,6-9,12-15H2,1H3,(H,32,38)/t19-/m0/s1. The van der Waals surface area contributed by atoms with Crippen molar-refractivity contribution in [2.24, 2.45) is 0 Å². The SMILES string of the molecule is CC(=O)N1CCN2C(=O)CN(Cc3ccc(F)c(F)c3)CCNC(=O)c3cc(C(F)(F)F)ccc3OC[C@@H]2C1. The van der Waals surface area contributed by atoms with E-state index in [-0.39, 0.29) is 75.5 Å². The van der Waals surface area contributed by atoms with E-state index >= 15 is 0 Å². The molecule has 1 atom stereocenters. The molecule has 1 fully saturated rings. The van der Waals surface area contributed by atoms with Gasteiger partial charge >= 0.3 is 6.18 Å². The van der Waals surface area contributed by atoms with Gasteiger partial charge in [-0.25, -0.2) is 8.78 Å². The minimum absolute atomic E-state index is 0.0438. The molecule has 4 rings (SSSR count). The molecule has 210 valence electrons. The summed E-state index contributed by atoms with van der Waals surface area (Å²) < 4.78 is 73.1. The molecule has 2 aliphatic heterocycles. The van der Waals surface area contributed by atoms with Crippen molar-refractivity contribution in [1.29, 1.82) is 0 Å². The van der Waals surface area contributed by atoms with Crippen LogP contribution in [0, 0.1) is 11.6 Å². The molecule has 2 aromatic rings. The number of carbonyl (C=O) groups excluding carboxylic acids is 3. The van der Waals surface area contributed by atoms with Crippen molar-refractivity contribution in [2.75, 3.05) is 45.9 Å². The number of alkyl halides is 3. The van der Waals surface area contributed by atoms with Gasteiger partial charge in [-0.3, -0.25) is 19.3 Å². The fourth-order valence-electron chi connectivity index (χ4n) is 4.62. The van der Waals surface area contributed by atoms with Crippen LogP contribution in [0.4, 0.5) is 22.0 Å². The van der Waals surface area contributed by atoms with Gasteiger partial charge in [-0.1, -0.05) is 6.07 Å². The number of piperazine rings is 1. The van der Waals surface area contributed by atoms with Crippen LogP contribution < -0.4 is 10.1 Å². The maximum absolute atomic E-state index is 13.8. The Morgan fingerprint density at radius 3 is 2.51 bits per heavy atom. The van der Waals surface area contributed by atoms with E-state index in [2.05, 4.69) is 5.32 Å². The number of hydrogen-bond acceptors (Lipinski definition) is 5. The summed E-state index contributed by atoms with van der Waals surface area (Å²) in [7, 11) is 0. The summed E-state index contributed by atoms with van der Waals surface area (Å²) in [5.41, 5.74) is -0.964. The quantitative estimate of drug-likeness (QED) is 0.578. The van der Waals surface area contributed by atoms with Gasteiger partial charge in [0, 0.05) is 46.2 Å². The van der Waals surface area contributed by atoms with Crippen LogP contribution in [0.25, 0.3) is 0 Å². The molecule has 2 aromatic carbocycles. The first-order valence-electron chi connectivity index (χ1n) is 12.3. The van der Waals surface area contributed by atoms with Gasteiger partial charge in [-0.2, -0.15) is 13.2 Å². The Morgan fingerprint density at radius 1 is 1.05 bits per heavy atom. The molecule has 8 nitrogen and oxygen atoms in total. The van der Waals surface area contributed by atoms with Crippen LogP contribution in [0.3, 0.4) is 0 Å². The number of nitrogens with zero attached hydrogens (tertiary/aromatic N) is 3. The van der Waals surface area contributed by atoms with Crippen molar-refractivity contribution >= 4 is 17.7 Å². The lowest BCUT2D eigenvalue weighted by molar-refractivity contribution is -0.143. The number of halogens is 5. The zero-order chi connectivity index (χ0) is 28.3. The van der Waals surface area contributed by atoms with Crippen molar-refractivity contribution in [3.05, 3.63) is 64.7 Å². The Bertz CT molecular complexity index is 1260. The first-order valence-corrected chi connectivity index (χ1v) is 12.3. The molecule has 39 heavy (non-hydrogen) atoms. The monoisotopic (exact) mass is 554 g/mol. The first-order chi connectivity index (χ1) is 18.4. The largest absolute Gasteiger partial charge is 0.491 e. The van der Waals surface area contributed by atoms with Crippen LogP contribution in [-0.2, 0) is 22.3 Å². The second-order valence-electron chi connectivity index (χ2n) is 9.44. The third-order valence-electron chi connectivity index (χ3n) is 6.69. The fourth-order valence-corrected chi connectivity index (χ4v) is 4.62. The summed E-state index contributed by atoms with van der Waals surface area (Å²) in [5, 5.41) is 2.55. The summed E-state index contributed by atoms with van der Waals surface area (Å²) in [6.07, 6.45) is -4.69. The minimum atomic E-state index is -4.69. The van der Waals surface area contributed by atoms with Crippen LogP contribution in [-0.4, -0.2) is 84.3 Å². The molecule has 1 saturated heterocycles. The Morgan fingerprint density at radius 2 is 1.82 bits per heavy atom. The van der Waals surface area contributed by atoms with Gasteiger partial charge < -0.3 is 19.9 Å². The highest BCUT2D eigenvalue weighted by atomic mass is 19.4. The van der Waals surface area contributed by atoms with E-state index in [1.165, 1.54) is 22.8 Å². The van der Waals surface area contributed by atoms with Gasteiger partial charge in [0.15, 0.2) is 11.6 Å². The maximum atomic E-state index is 13.8. The summed E-state index contributed by atoms with van der Waals surface area (Å²) in [4.78, 5) is 43.0. The summed E-state index contributed by atoms with van der Waals surface area (Å²) in [6, 6.07) is 5.28. The smallest absolute Gasteiger partial charge is 0.416 e. The van der Waals surface area contributed by atoms with E-state index < -0.39 is 35.3 Å². The van der Waals surface area contributed by atoms with Gasteiger partial charge in [-0.15, -0.1) is 0 Å². The van der Waals surface area contributed by atoms with Gasteiger partial charge in [0.05, 0.1) is 23.7 Å². The fraction of sp³-hybridized carbons (Fsp3) is 0.423. The molecule has 0 bridgehead atoms. The maximum Gasteiger partial charge on any atom is 0.416 e. The van der Waals surface area contributed by atoms with Gasteiger partial charge in [-0.05, 0) is 35.9 Å². The number of nitrogens with one attached hydrogen (secondary N) is 1.